The molecule has 0 aliphatic rings. The molecule has 0 aromatic carbocycles. The van der Waals surface area contributed by atoms with Gasteiger partial charge in [0.2, 0.25) is 0 Å². The molecule has 0 spiro atoms. The third kappa shape index (κ3) is 2.73. The van der Waals surface area contributed by atoms with E-state index < -0.39 is 5.91 Å². The summed E-state index contributed by atoms with van der Waals surface area (Å²) in [6.45, 7) is 2.36. The van der Waals surface area contributed by atoms with Gasteiger partial charge in [-0.05, 0) is 19.1 Å². The van der Waals surface area contributed by atoms with Gasteiger partial charge in [-0.3, -0.25) is 19.3 Å². The molecule has 0 atom stereocenters. The monoisotopic (exact) mass is 367 g/mol. The number of H-pyrrole nitrogens is 1. The van der Waals surface area contributed by atoms with Crippen molar-refractivity contribution in [2.75, 3.05) is 0 Å². The lowest BCUT2D eigenvalue weighted by Crippen LogP contribution is -2.13. The molecule has 0 bridgehead atoms. The number of nitrogens with two attached hydrogens (primary N) is 1. The molecule has 4 rings (SSSR count). The SMILES string of the molecule is CCn1nc(CO)cc1-c1n[nH]c(-c2nc(C(N)=O)cc3c2cnn3C)n1. The smallest absolute Gasteiger partial charge is 0.267 e. The van der Waals surface area contributed by atoms with Gasteiger partial charge < -0.3 is 10.8 Å². The third-order valence-electron chi connectivity index (χ3n) is 4.23. The number of nitrogens with one attached hydrogen (secondary N) is 1. The zero-order valence-corrected chi connectivity index (χ0v) is 14.7. The quantitative estimate of drug-likeness (QED) is 0.456. The molecule has 0 saturated carbocycles. The number of carbonyl (C=O) groups excluding carboxylic acids is 1. The minimum atomic E-state index is -0.643. The number of carbonyl (C=O) groups is 1. The van der Waals surface area contributed by atoms with Crippen LogP contribution in [0, 0.1) is 0 Å². The Morgan fingerprint density at radius 2 is 2.15 bits per heavy atom. The van der Waals surface area contributed by atoms with E-state index in [1.807, 2.05) is 6.92 Å². The van der Waals surface area contributed by atoms with E-state index in [0.717, 1.165) is 0 Å². The molecule has 1 amide bonds. The molecule has 4 N–H and O–H groups in total. The molecule has 0 unspecified atom stereocenters. The Morgan fingerprint density at radius 1 is 1.33 bits per heavy atom. The molecule has 0 radical (unpaired) electrons. The summed E-state index contributed by atoms with van der Waals surface area (Å²) in [4.78, 5) is 20.5. The predicted octanol–water partition coefficient (Wildman–Crippen LogP) is 0.228. The van der Waals surface area contributed by atoms with Gasteiger partial charge in [0.05, 0.1) is 24.0 Å². The second-order valence-electron chi connectivity index (χ2n) is 5.92. The average Bonchev–Trinajstić information content (AvgIpc) is 3.38. The molecule has 4 heterocycles. The number of rotatable bonds is 5. The molecule has 0 saturated heterocycles. The van der Waals surface area contributed by atoms with Gasteiger partial charge in [0.25, 0.3) is 5.91 Å². The van der Waals surface area contributed by atoms with Gasteiger partial charge in [-0.1, -0.05) is 0 Å². The molecular weight excluding hydrogens is 350 g/mol. The van der Waals surface area contributed by atoms with Crippen molar-refractivity contribution in [3.63, 3.8) is 0 Å². The van der Waals surface area contributed by atoms with E-state index >= 15 is 0 Å². The van der Waals surface area contributed by atoms with Gasteiger partial charge >= 0.3 is 0 Å². The highest BCUT2D eigenvalue weighted by molar-refractivity contribution is 5.98. The van der Waals surface area contributed by atoms with E-state index in [1.54, 1.807) is 34.7 Å². The van der Waals surface area contributed by atoms with Crippen LogP contribution in [0.2, 0.25) is 0 Å². The zero-order chi connectivity index (χ0) is 19.1. The van der Waals surface area contributed by atoms with Crippen molar-refractivity contribution in [2.45, 2.75) is 20.1 Å². The average molecular weight is 367 g/mol. The fourth-order valence-corrected chi connectivity index (χ4v) is 2.90. The highest BCUT2D eigenvalue weighted by Gasteiger charge is 2.19. The van der Waals surface area contributed by atoms with E-state index in [9.17, 15) is 9.90 Å². The van der Waals surface area contributed by atoms with Crippen LogP contribution in [-0.2, 0) is 20.2 Å². The maximum Gasteiger partial charge on any atom is 0.267 e. The summed E-state index contributed by atoms with van der Waals surface area (Å²) in [6, 6.07) is 3.31. The molecule has 138 valence electrons. The van der Waals surface area contributed by atoms with Gasteiger partial charge in [-0.15, -0.1) is 0 Å². The lowest BCUT2D eigenvalue weighted by molar-refractivity contribution is 0.0996. The van der Waals surface area contributed by atoms with Crippen molar-refractivity contribution in [3.05, 3.63) is 29.7 Å². The number of aliphatic hydroxyl groups excluding tert-OH is 1. The Hall–Kier alpha value is -3.60. The molecule has 0 aliphatic carbocycles. The highest BCUT2D eigenvalue weighted by Crippen LogP contribution is 2.27. The van der Waals surface area contributed by atoms with Crippen LogP contribution < -0.4 is 5.73 Å². The van der Waals surface area contributed by atoms with Crippen LogP contribution in [-0.4, -0.2) is 50.7 Å². The number of hydrogen-bond acceptors (Lipinski definition) is 7. The number of aromatic nitrogens is 8. The first kappa shape index (κ1) is 16.8. The number of amides is 1. The fraction of sp³-hybridized carbons (Fsp3) is 0.250. The first-order valence-corrected chi connectivity index (χ1v) is 8.25. The lowest BCUT2D eigenvalue weighted by Gasteiger charge is -2.03. The largest absolute Gasteiger partial charge is 0.390 e. The van der Waals surface area contributed by atoms with E-state index in [1.165, 1.54) is 0 Å². The summed E-state index contributed by atoms with van der Waals surface area (Å²) >= 11 is 0. The van der Waals surface area contributed by atoms with E-state index in [0.29, 0.717) is 46.2 Å². The van der Waals surface area contributed by atoms with Crippen LogP contribution in [0.3, 0.4) is 0 Å². The molecule has 11 heteroatoms. The van der Waals surface area contributed by atoms with E-state index in [2.05, 4.69) is 30.4 Å². The standard InChI is InChI=1S/C16H17N9O2/c1-3-25-12(4-8(7-26)23-25)15-20-16(22-21-15)13-9-6-18-24(2)11(9)5-10(19-13)14(17)27/h4-6,26H,3,7H2,1-2H3,(H2,17,27)(H,20,21,22). The molecule has 27 heavy (non-hydrogen) atoms. The summed E-state index contributed by atoms with van der Waals surface area (Å²) in [5, 5.41) is 25.6. The first-order chi connectivity index (χ1) is 13.0. The number of primary amides is 1. The maximum atomic E-state index is 11.7. The number of aliphatic hydroxyl groups is 1. The van der Waals surface area contributed by atoms with Gasteiger partial charge in [-0.25, -0.2) is 9.97 Å². The van der Waals surface area contributed by atoms with Crippen molar-refractivity contribution in [2.24, 2.45) is 12.8 Å². The van der Waals surface area contributed by atoms with Crippen molar-refractivity contribution in [1.29, 1.82) is 0 Å². The number of hydrogen-bond donors (Lipinski definition) is 3. The lowest BCUT2D eigenvalue weighted by atomic mass is 10.2. The predicted molar refractivity (Wildman–Crippen MR) is 95.2 cm³/mol. The van der Waals surface area contributed by atoms with E-state index in [-0.39, 0.29) is 12.3 Å². The third-order valence-corrected chi connectivity index (χ3v) is 4.23. The Balaban J connectivity index is 1.87. The van der Waals surface area contributed by atoms with Crippen LogP contribution in [0.25, 0.3) is 33.9 Å². The van der Waals surface area contributed by atoms with E-state index in [4.69, 9.17) is 5.73 Å². The molecule has 0 aliphatic heterocycles. The van der Waals surface area contributed by atoms with Crippen molar-refractivity contribution < 1.29 is 9.90 Å². The minimum Gasteiger partial charge on any atom is -0.390 e. The number of pyridine rings is 1. The number of aryl methyl sites for hydroxylation is 2. The van der Waals surface area contributed by atoms with Crippen LogP contribution in [0.15, 0.2) is 18.3 Å². The number of fused-ring (bicyclic) bond motifs is 1. The molecule has 0 fully saturated rings. The highest BCUT2D eigenvalue weighted by atomic mass is 16.3. The van der Waals surface area contributed by atoms with Crippen molar-refractivity contribution in [1.82, 2.24) is 39.7 Å². The van der Waals surface area contributed by atoms with Crippen LogP contribution in [0.4, 0.5) is 0 Å². The Bertz CT molecular complexity index is 1150. The van der Waals surface area contributed by atoms with Crippen molar-refractivity contribution in [3.8, 4) is 23.0 Å². The zero-order valence-electron chi connectivity index (χ0n) is 14.7. The summed E-state index contributed by atoms with van der Waals surface area (Å²) < 4.78 is 3.33. The second kappa shape index (κ2) is 6.29. The molecular formula is C16H17N9O2. The van der Waals surface area contributed by atoms with Gasteiger partial charge in [0, 0.05) is 19.0 Å². The number of aromatic amines is 1. The van der Waals surface area contributed by atoms with Gasteiger partial charge in [-0.2, -0.15) is 15.3 Å². The molecule has 4 aromatic rings. The summed E-state index contributed by atoms with van der Waals surface area (Å²) in [6.07, 6.45) is 1.64. The van der Waals surface area contributed by atoms with Gasteiger partial charge in [0.15, 0.2) is 11.6 Å². The van der Waals surface area contributed by atoms with Crippen LogP contribution >= 0.6 is 0 Å². The Kier molecular flexibility index (Phi) is 3.92. The first-order valence-electron chi connectivity index (χ1n) is 8.25. The minimum absolute atomic E-state index is 0.111. The molecule has 11 nitrogen and oxygen atoms in total. The van der Waals surface area contributed by atoms with Gasteiger partial charge in [0.1, 0.15) is 17.1 Å². The van der Waals surface area contributed by atoms with Crippen molar-refractivity contribution >= 4 is 16.8 Å². The summed E-state index contributed by atoms with van der Waals surface area (Å²) in [5.74, 6) is 0.138. The Morgan fingerprint density at radius 3 is 2.85 bits per heavy atom. The number of nitrogens with zero attached hydrogens (tertiary/aromatic N) is 7. The van der Waals surface area contributed by atoms with Crippen LogP contribution in [0.1, 0.15) is 23.1 Å². The summed E-state index contributed by atoms with van der Waals surface area (Å²) in [7, 11) is 1.76. The normalized spacial score (nSPS) is 11.4. The summed E-state index contributed by atoms with van der Waals surface area (Å²) in [5.41, 5.74) is 7.85. The Labute approximate surface area is 152 Å². The second-order valence-corrected chi connectivity index (χ2v) is 5.92. The van der Waals surface area contributed by atoms with Crippen LogP contribution in [0.5, 0.6) is 0 Å². The molecule has 4 aromatic heterocycles. The topological polar surface area (TPSA) is 153 Å². The fourth-order valence-electron chi connectivity index (χ4n) is 2.90. The maximum absolute atomic E-state index is 11.7.